The third kappa shape index (κ3) is 3.39. The number of H-pyrrole nitrogens is 1. The first kappa shape index (κ1) is 17.1. The van der Waals surface area contributed by atoms with Crippen LogP contribution < -0.4 is 4.74 Å². The number of halogens is 1. The molecule has 1 fully saturated rings. The van der Waals surface area contributed by atoms with Crippen molar-refractivity contribution in [2.75, 3.05) is 14.1 Å². The maximum absolute atomic E-state index is 6.37. The molecule has 3 rings (SSSR count). The molecule has 2 atom stereocenters. The Hall–Kier alpha value is -1.26. The van der Waals surface area contributed by atoms with E-state index in [4.69, 9.17) is 4.74 Å². The second kappa shape index (κ2) is 7.34. The Labute approximate surface area is 138 Å². The number of ether oxygens (including phenoxy) is 1. The van der Waals surface area contributed by atoms with Crippen molar-refractivity contribution in [3.05, 3.63) is 23.9 Å². The van der Waals surface area contributed by atoms with E-state index in [0.29, 0.717) is 12.1 Å². The summed E-state index contributed by atoms with van der Waals surface area (Å²) >= 11 is 0. The van der Waals surface area contributed by atoms with Crippen LogP contribution in [0.15, 0.2) is 18.3 Å². The van der Waals surface area contributed by atoms with Gasteiger partial charge < -0.3 is 9.64 Å². The number of fused-ring (bicyclic) bond motifs is 1. The first-order chi connectivity index (χ1) is 10.2. The highest BCUT2D eigenvalue weighted by molar-refractivity contribution is 5.85. The maximum Gasteiger partial charge on any atom is 0.123 e. The molecule has 1 heterocycles. The molecule has 0 aliphatic heterocycles. The quantitative estimate of drug-likeness (QED) is 0.930. The van der Waals surface area contributed by atoms with Crippen molar-refractivity contribution in [3.63, 3.8) is 0 Å². The van der Waals surface area contributed by atoms with Gasteiger partial charge in [0.05, 0.1) is 11.7 Å². The smallest absolute Gasteiger partial charge is 0.123 e. The summed E-state index contributed by atoms with van der Waals surface area (Å²) in [5.41, 5.74) is 2.36. The first-order valence-corrected chi connectivity index (χ1v) is 7.97. The van der Waals surface area contributed by atoms with Gasteiger partial charge in [0.1, 0.15) is 11.9 Å². The lowest BCUT2D eigenvalue weighted by Gasteiger charge is -2.33. The van der Waals surface area contributed by atoms with Crippen LogP contribution in [0.1, 0.15) is 38.2 Å². The van der Waals surface area contributed by atoms with E-state index in [-0.39, 0.29) is 12.4 Å². The summed E-state index contributed by atoms with van der Waals surface area (Å²) in [6.07, 6.45) is 8.04. The zero-order valence-corrected chi connectivity index (χ0v) is 14.4. The molecule has 0 amide bonds. The zero-order chi connectivity index (χ0) is 14.8. The van der Waals surface area contributed by atoms with Crippen molar-refractivity contribution >= 4 is 23.3 Å². The highest BCUT2D eigenvalue weighted by Crippen LogP contribution is 2.31. The Kier molecular flexibility index (Phi) is 5.70. The summed E-state index contributed by atoms with van der Waals surface area (Å²) in [6, 6.07) is 4.81. The number of nitrogens with zero attached hydrogens (tertiary/aromatic N) is 2. The number of hydrogen-bond donors (Lipinski definition) is 1. The van der Waals surface area contributed by atoms with Crippen LogP contribution in [0, 0.1) is 0 Å². The van der Waals surface area contributed by atoms with E-state index in [1.54, 1.807) is 0 Å². The van der Waals surface area contributed by atoms with E-state index in [1.165, 1.54) is 23.8 Å². The lowest BCUT2D eigenvalue weighted by Crippen LogP contribution is -2.37. The van der Waals surface area contributed by atoms with Gasteiger partial charge in [0.15, 0.2) is 0 Å². The molecule has 1 saturated carbocycles. The molecular formula is C17H26ClN3O. The minimum atomic E-state index is 0. The van der Waals surface area contributed by atoms with Crippen molar-refractivity contribution in [3.8, 4) is 5.75 Å². The van der Waals surface area contributed by atoms with Gasteiger partial charge >= 0.3 is 0 Å². The average Bonchev–Trinajstić information content (AvgIpc) is 2.96. The van der Waals surface area contributed by atoms with Crippen LogP contribution in [0.25, 0.3) is 10.9 Å². The highest BCUT2D eigenvalue weighted by atomic mass is 35.5. The summed E-state index contributed by atoms with van der Waals surface area (Å²) in [4.78, 5) is 2.33. The molecule has 1 aromatic carbocycles. The average molecular weight is 324 g/mol. The van der Waals surface area contributed by atoms with Gasteiger partial charge in [0.2, 0.25) is 0 Å². The predicted octanol–water partition coefficient (Wildman–Crippen LogP) is 3.80. The predicted molar refractivity (Wildman–Crippen MR) is 93.1 cm³/mol. The van der Waals surface area contributed by atoms with E-state index in [9.17, 15) is 0 Å². The summed E-state index contributed by atoms with van der Waals surface area (Å²) in [5.74, 6) is 1.04. The van der Waals surface area contributed by atoms with Gasteiger partial charge in [-0.25, -0.2) is 0 Å². The second-order valence-electron chi connectivity index (χ2n) is 6.25. The normalized spacial score (nSPS) is 21.8. The van der Waals surface area contributed by atoms with Gasteiger partial charge in [-0.3, -0.25) is 5.10 Å². The molecule has 2 aromatic rings. The number of aryl methyl sites for hydroxylation is 1. The summed E-state index contributed by atoms with van der Waals surface area (Å²) in [6.45, 7) is 2.18. The molecule has 0 spiro atoms. The number of benzene rings is 1. The van der Waals surface area contributed by atoms with Crippen molar-refractivity contribution < 1.29 is 4.74 Å². The molecule has 1 aromatic heterocycles. The van der Waals surface area contributed by atoms with Crippen LogP contribution in [0.2, 0.25) is 0 Å². The molecule has 1 aliphatic rings. The Morgan fingerprint density at radius 2 is 2.14 bits per heavy atom. The molecule has 0 unspecified atom stereocenters. The molecule has 0 radical (unpaired) electrons. The number of hydrogen-bond acceptors (Lipinski definition) is 3. The molecular weight excluding hydrogens is 298 g/mol. The molecule has 4 nitrogen and oxygen atoms in total. The largest absolute Gasteiger partial charge is 0.490 e. The minimum absolute atomic E-state index is 0. The van der Waals surface area contributed by atoms with Crippen molar-refractivity contribution in [2.45, 2.75) is 51.2 Å². The Balaban J connectivity index is 0.00000176. The van der Waals surface area contributed by atoms with E-state index < -0.39 is 0 Å². The molecule has 1 aliphatic carbocycles. The van der Waals surface area contributed by atoms with Gasteiger partial charge in [0.25, 0.3) is 0 Å². The topological polar surface area (TPSA) is 41.1 Å². The van der Waals surface area contributed by atoms with E-state index >= 15 is 0 Å². The maximum atomic E-state index is 6.37. The fourth-order valence-electron chi connectivity index (χ4n) is 3.41. The fraction of sp³-hybridized carbons (Fsp3) is 0.588. The highest BCUT2D eigenvalue weighted by Gasteiger charge is 2.25. The van der Waals surface area contributed by atoms with Crippen molar-refractivity contribution in [2.24, 2.45) is 0 Å². The second-order valence-corrected chi connectivity index (χ2v) is 6.25. The molecule has 122 valence electrons. The van der Waals surface area contributed by atoms with Crippen molar-refractivity contribution in [1.29, 1.82) is 0 Å². The Morgan fingerprint density at radius 1 is 1.32 bits per heavy atom. The Bertz CT molecular complexity index is 611. The first-order valence-electron chi connectivity index (χ1n) is 7.97. The number of nitrogens with one attached hydrogen (secondary N) is 1. The lowest BCUT2D eigenvalue weighted by molar-refractivity contribution is 0.0997. The molecule has 1 N–H and O–H groups in total. The molecule has 0 bridgehead atoms. The molecule has 22 heavy (non-hydrogen) atoms. The standard InChI is InChI=1S/C17H25N3O.ClH/c1-4-14-15-11-18-19-16(15)8-9-17(14)21-13-7-5-6-12(10-13)20(2)3;/h8-9,11-13H,4-7,10H2,1-3H3,(H,18,19);1H/t12-,13+;/m0./s1. The molecule has 0 saturated heterocycles. The number of aromatic amines is 1. The third-order valence-corrected chi connectivity index (χ3v) is 4.67. The van der Waals surface area contributed by atoms with Crippen LogP contribution in [0.5, 0.6) is 5.75 Å². The zero-order valence-electron chi connectivity index (χ0n) is 13.6. The number of aromatic nitrogens is 2. The SMILES string of the molecule is CCc1c(O[C@@H]2CCC[C@H](N(C)C)C2)ccc2[nH]ncc12.Cl. The van der Waals surface area contributed by atoms with Crippen LogP contribution >= 0.6 is 12.4 Å². The van der Waals surface area contributed by atoms with Crippen LogP contribution in [-0.2, 0) is 6.42 Å². The minimum Gasteiger partial charge on any atom is -0.490 e. The lowest BCUT2D eigenvalue weighted by atomic mass is 9.92. The monoisotopic (exact) mass is 323 g/mol. The van der Waals surface area contributed by atoms with Crippen LogP contribution in [0.4, 0.5) is 0 Å². The van der Waals surface area contributed by atoms with Crippen LogP contribution in [0.3, 0.4) is 0 Å². The summed E-state index contributed by atoms with van der Waals surface area (Å²) < 4.78 is 6.37. The van der Waals surface area contributed by atoms with E-state index in [0.717, 1.165) is 30.5 Å². The van der Waals surface area contributed by atoms with Gasteiger partial charge in [-0.1, -0.05) is 6.92 Å². The van der Waals surface area contributed by atoms with E-state index in [2.05, 4.69) is 48.2 Å². The van der Waals surface area contributed by atoms with E-state index in [1.807, 2.05) is 6.20 Å². The van der Waals surface area contributed by atoms with Crippen LogP contribution in [-0.4, -0.2) is 41.3 Å². The summed E-state index contributed by atoms with van der Waals surface area (Å²) in [7, 11) is 4.34. The fourth-order valence-corrected chi connectivity index (χ4v) is 3.41. The summed E-state index contributed by atoms with van der Waals surface area (Å²) in [5, 5.41) is 8.37. The Morgan fingerprint density at radius 3 is 2.86 bits per heavy atom. The third-order valence-electron chi connectivity index (χ3n) is 4.67. The van der Waals surface area contributed by atoms with Gasteiger partial charge in [-0.05, 0) is 58.3 Å². The van der Waals surface area contributed by atoms with Gasteiger partial charge in [-0.15, -0.1) is 12.4 Å². The van der Waals surface area contributed by atoms with Gasteiger partial charge in [-0.2, -0.15) is 5.10 Å². The van der Waals surface area contributed by atoms with Gasteiger partial charge in [0, 0.05) is 17.0 Å². The van der Waals surface area contributed by atoms with Crippen molar-refractivity contribution in [1.82, 2.24) is 15.1 Å². The number of rotatable bonds is 4. The molecule has 5 heteroatoms.